The van der Waals surface area contributed by atoms with Gasteiger partial charge in [-0.2, -0.15) is 28.6 Å². The minimum atomic E-state index is -4.54. The Labute approximate surface area is 200 Å². The maximum absolute atomic E-state index is 12.8. The van der Waals surface area contributed by atoms with Crippen molar-refractivity contribution < 1.29 is 26.9 Å². The molecule has 182 valence electrons. The molecule has 1 aliphatic heterocycles. The first-order chi connectivity index (χ1) is 16.2. The monoisotopic (exact) mass is 515 g/mol. The number of hydrogen-bond donors (Lipinski definition) is 1. The van der Waals surface area contributed by atoms with Gasteiger partial charge in [-0.3, -0.25) is 9.11 Å². The number of rotatable bonds is 6. The summed E-state index contributed by atoms with van der Waals surface area (Å²) in [5.41, 5.74) is 0.818. The maximum atomic E-state index is 12.8. The quantitative estimate of drug-likeness (QED) is 0.538. The van der Waals surface area contributed by atoms with E-state index >= 15 is 0 Å². The second-order valence-electron chi connectivity index (χ2n) is 7.72. The number of carbonyl (C=O) groups is 1. The van der Waals surface area contributed by atoms with E-state index in [9.17, 15) is 22.2 Å². The number of hydrogen-bond acceptors (Lipinski definition) is 6. The highest BCUT2D eigenvalue weighted by molar-refractivity contribution is 7.85. The Kier molecular flexibility index (Phi) is 7.39. The predicted octanol–water partition coefficient (Wildman–Crippen LogP) is 3.69. The molecule has 1 saturated heterocycles. The highest BCUT2D eigenvalue weighted by atomic mass is 35.5. The molecule has 34 heavy (non-hydrogen) atoms. The second-order valence-corrected chi connectivity index (χ2v) is 9.70. The lowest BCUT2D eigenvalue weighted by Crippen LogP contribution is -2.49. The van der Waals surface area contributed by atoms with Crippen LogP contribution in [0.15, 0.2) is 41.3 Å². The van der Waals surface area contributed by atoms with E-state index in [4.69, 9.17) is 16.3 Å². The zero-order valence-electron chi connectivity index (χ0n) is 17.8. The Morgan fingerprint density at radius 2 is 1.82 bits per heavy atom. The van der Waals surface area contributed by atoms with E-state index in [1.165, 1.54) is 11.0 Å². The molecule has 0 saturated carbocycles. The number of aromatic amines is 1. The summed E-state index contributed by atoms with van der Waals surface area (Å²) in [5, 5.41) is 10.1. The van der Waals surface area contributed by atoms with Crippen LogP contribution in [-0.2, 0) is 28.3 Å². The topological polar surface area (TPSA) is 91.4 Å². The summed E-state index contributed by atoms with van der Waals surface area (Å²) < 4.78 is 56.2. The van der Waals surface area contributed by atoms with Gasteiger partial charge in [0.2, 0.25) is 0 Å². The van der Waals surface area contributed by atoms with Crippen molar-refractivity contribution in [3.63, 3.8) is 0 Å². The van der Waals surface area contributed by atoms with Crippen molar-refractivity contribution >= 4 is 39.5 Å². The fourth-order valence-electron chi connectivity index (χ4n) is 3.56. The lowest BCUT2D eigenvalue weighted by Gasteiger charge is -2.33. The number of nitrogens with zero attached hydrogens (tertiary/aromatic N) is 4. The van der Waals surface area contributed by atoms with Crippen molar-refractivity contribution in [2.75, 3.05) is 38.5 Å². The second kappa shape index (κ2) is 10.3. The number of benzene rings is 2. The molecule has 13 heteroatoms. The molecule has 0 unspecified atom stereocenters. The van der Waals surface area contributed by atoms with Gasteiger partial charge in [0, 0.05) is 43.4 Å². The maximum Gasteiger partial charge on any atom is 0.417 e. The summed E-state index contributed by atoms with van der Waals surface area (Å²) in [5.74, 6) is 0.447. The van der Waals surface area contributed by atoms with E-state index in [0.29, 0.717) is 60.0 Å². The van der Waals surface area contributed by atoms with Crippen molar-refractivity contribution in [1.82, 2.24) is 25.2 Å². The molecular weight excluding hydrogens is 495 g/mol. The summed E-state index contributed by atoms with van der Waals surface area (Å²) in [6.07, 6.45) is -5.08. The number of carbonyl (C=O) groups excluding carboxylic acids is 1. The Hall–Kier alpha value is -2.70. The summed E-state index contributed by atoms with van der Waals surface area (Å²) in [4.78, 5) is 16.7. The van der Waals surface area contributed by atoms with Crippen LogP contribution >= 0.6 is 11.6 Å². The van der Waals surface area contributed by atoms with Crippen molar-refractivity contribution in [2.45, 2.75) is 17.7 Å². The van der Waals surface area contributed by atoms with Crippen LogP contribution in [0.3, 0.4) is 0 Å². The first kappa shape index (κ1) is 24.4. The van der Waals surface area contributed by atoms with E-state index in [-0.39, 0.29) is 6.61 Å². The molecule has 0 bridgehead atoms. The molecule has 0 aliphatic carbocycles. The number of aromatic nitrogens is 3. The molecule has 1 aromatic heterocycles. The van der Waals surface area contributed by atoms with Gasteiger partial charge in [-0.25, -0.2) is 4.79 Å². The van der Waals surface area contributed by atoms with Gasteiger partial charge >= 0.3 is 12.3 Å². The molecular formula is C21H21ClF3N5O3S. The number of alkyl halides is 3. The SMILES string of the molecule is O=C(OCc1ccc(C(F)(F)F)c(Cl)c1)N1CCN(CC[S@@](=O)c2ccc3n[nH]nc3c2)CC1. The van der Waals surface area contributed by atoms with Crippen LogP contribution in [0.1, 0.15) is 11.1 Å². The van der Waals surface area contributed by atoms with Gasteiger partial charge in [0.15, 0.2) is 0 Å². The standard InChI is InChI=1S/C21H21ClF3N5O3S/c22-17-11-14(1-3-16(17)21(23,24)25)13-33-20(31)30-7-5-29(6-8-30)9-10-34(32)15-2-4-18-19(12-15)27-28-26-18/h1-4,11-12H,5-10,13H2,(H,26,27,28)/t34-/m1/s1. The van der Waals surface area contributed by atoms with Gasteiger partial charge in [0.05, 0.1) is 21.4 Å². The zero-order chi connectivity index (χ0) is 24.3. The smallest absolute Gasteiger partial charge is 0.417 e. The van der Waals surface area contributed by atoms with Crippen molar-refractivity contribution in [3.05, 3.63) is 52.5 Å². The molecule has 8 nitrogen and oxygen atoms in total. The number of H-pyrrole nitrogens is 1. The first-order valence-electron chi connectivity index (χ1n) is 10.4. The normalized spacial score (nSPS) is 16.1. The molecule has 3 aromatic rings. The highest BCUT2D eigenvalue weighted by Crippen LogP contribution is 2.35. The van der Waals surface area contributed by atoms with E-state index in [1.54, 1.807) is 18.2 Å². The van der Waals surface area contributed by atoms with Crippen LogP contribution in [0, 0.1) is 0 Å². The molecule has 1 amide bonds. The largest absolute Gasteiger partial charge is 0.445 e. The molecule has 2 heterocycles. The molecule has 0 spiro atoms. The molecule has 1 aliphatic rings. The predicted molar refractivity (Wildman–Crippen MR) is 120 cm³/mol. The van der Waals surface area contributed by atoms with Crippen LogP contribution in [0.4, 0.5) is 18.0 Å². The lowest BCUT2D eigenvalue weighted by atomic mass is 10.1. The van der Waals surface area contributed by atoms with E-state index in [0.717, 1.165) is 12.1 Å². The summed E-state index contributed by atoms with van der Waals surface area (Å²) in [6.45, 7) is 2.50. The Bertz CT molecular complexity index is 1200. The van der Waals surface area contributed by atoms with Crippen LogP contribution in [0.2, 0.25) is 5.02 Å². The third kappa shape index (κ3) is 5.86. The fourth-order valence-corrected chi connectivity index (χ4v) is 4.99. The lowest BCUT2D eigenvalue weighted by molar-refractivity contribution is -0.137. The third-order valence-corrected chi connectivity index (χ3v) is 7.12. The van der Waals surface area contributed by atoms with Crippen molar-refractivity contribution in [3.8, 4) is 0 Å². The van der Waals surface area contributed by atoms with Gasteiger partial charge in [0.1, 0.15) is 17.6 Å². The van der Waals surface area contributed by atoms with Gasteiger partial charge in [0.25, 0.3) is 0 Å². The number of halogens is 4. The zero-order valence-corrected chi connectivity index (χ0v) is 19.4. The molecule has 0 radical (unpaired) electrons. The van der Waals surface area contributed by atoms with Gasteiger partial charge in [-0.15, -0.1) is 0 Å². The van der Waals surface area contributed by atoms with Crippen LogP contribution in [0.5, 0.6) is 0 Å². The Balaban J connectivity index is 1.21. The van der Waals surface area contributed by atoms with Gasteiger partial charge in [-0.05, 0) is 35.9 Å². The summed E-state index contributed by atoms with van der Waals surface area (Å²) in [7, 11) is -1.19. The van der Waals surface area contributed by atoms with Crippen LogP contribution in [-0.4, -0.2) is 74.0 Å². The van der Waals surface area contributed by atoms with Gasteiger partial charge < -0.3 is 9.64 Å². The average Bonchev–Trinajstić information content (AvgIpc) is 3.28. The van der Waals surface area contributed by atoms with Crippen molar-refractivity contribution in [2.24, 2.45) is 0 Å². The fraction of sp³-hybridized carbons (Fsp3) is 0.381. The van der Waals surface area contributed by atoms with E-state index in [2.05, 4.69) is 20.3 Å². The number of fused-ring (bicyclic) bond motifs is 1. The minimum Gasteiger partial charge on any atom is -0.445 e. The molecule has 4 rings (SSSR count). The number of amides is 1. The Morgan fingerprint density at radius 1 is 1.09 bits per heavy atom. The number of piperazine rings is 1. The molecule has 1 atom stereocenters. The molecule has 1 N–H and O–H groups in total. The molecule has 1 fully saturated rings. The van der Waals surface area contributed by atoms with E-state index < -0.39 is 33.7 Å². The average molecular weight is 516 g/mol. The number of ether oxygens (including phenoxy) is 1. The molecule has 2 aromatic carbocycles. The van der Waals surface area contributed by atoms with Crippen LogP contribution in [0.25, 0.3) is 11.0 Å². The third-order valence-electron chi connectivity index (χ3n) is 5.48. The van der Waals surface area contributed by atoms with Crippen LogP contribution < -0.4 is 0 Å². The van der Waals surface area contributed by atoms with Crippen molar-refractivity contribution in [1.29, 1.82) is 0 Å². The number of nitrogens with one attached hydrogen (secondary N) is 1. The summed E-state index contributed by atoms with van der Waals surface area (Å²) in [6, 6.07) is 8.56. The van der Waals surface area contributed by atoms with E-state index in [1.807, 2.05) is 0 Å². The van der Waals surface area contributed by atoms with Gasteiger partial charge in [-0.1, -0.05) is 17.7 Å². The first-order valence-corrected chi connectivity index (χ1v) is 12.1. The highest BCUT2D eigenvalue weighted by Gasteiger charge is 2.33. The summed E-state index contributed by atoms with van der Waals surface area (Å²) >= 11 is 5.70. The Morgan fingerprint density at radius 3 is 2.53 bits per heavy atom. The minimum absolute atomic E-state index is 0.175.